The van der Waals surface area contributed by atoms with Gasteiger partial charge < -0.3 is 54.7 Å². The minimum Gasteiger partial charge on any atom is -0.507 e. The maximum absolute atomic E-state index is 13.6. The van der Waals surface area contributed by atoms with Crippen LogP contribution in [0.15, 0.2) is 34.9 Å². The summed E-state index contributed by atoms with van der Waals surface area (Å²) in [5.74, 6) is -3.23. The normalized spacial score (nSPS) is 44.8. The third-order valence-electron chi connectivity index (χ3n) is 25.9. The van der Waals surface area contributed by atoms with Gasteiger partial charge in [-0.15, -0.1) is 0 Å². The maximum atomic E-state index is 13.6. The molecule has 9 aliphatic carbocycles. The fraction of sp³-hybridized carbons (Fsp3) is 0.750. The lowest BCUT2D eigenvalue weighted by Crippen LogP contribution is -2.81. The number of phenols is 2. The topological polar surface area (TPSA) is 237 Å². The summed E-state index contributed by atoms with van der Waals surface area (Å²) in [6.07, 6.45) is 22.9. The quantitative estimate of drug-likeness (QED) is 0.0930. The van der Waals surface area contributed by atoms with Crippen molar-refractivity contribution in [2.24, 2.45) is 50.2 Å². The molecule has 2 aromatic carbocycles. The number of aliphatic hydroxyl groups excluding tert-OH is 4. The largest absolute Gasteiger partial charge is 0.507 e. The first-order valence-corrected chi connectivity index (χ1v) is 30.8. The Bertz CT molecular complexity index is 2990. The molecule has 13 aliphatic rings. The highest BCUT2D eigenvalue weighted by Gasteiger charge is 2.78. The molecule has 0 unspecified atom stereocenters. The molecule has 8 saturated carbocycles. The minimum atomic E-state index is -1.84. The van der Waals surface area contributed by atoms with Crippen molar-refractivity contribution in [3.8, 4) is 17.2 Å². The van der Waals surface area contributed by atoms with Gasteiger partial charge in [0.05, 0.1) is 35.3 Å². The highest BCUT2D eigenvalue weighted by Crippen LogP contribution is 2.80. The first kappa shape index (κ1) is 52.2. The average molecular weight is 1090 g/mol. The zero-order valence-electron chi connectivity index (χ0n) is 46.4. The molecule has 428 valence electrons. The molecule has 15 nitrogen and oxygen atoms in total. The van der Waals surface area contributed by atoms with E-state index in [0.717, 1.165) is 63.9 Å². The first-order chi connectivity index (χ1) is 37.9. The highest BCUT2D eigenvalue weighted by atomic mass is 16.7. The van der Waals surface area contributed by atoms with Crippen molar-refractivity contribution in [1.29, 1.82) is 0 Å². The van der Waals surface area contributed by atoms with Gasteiger partial charge in [0, 0.05) is 47.1 Å². The van der Waals surface area contributed by atoms with Crippen molar-refractivity contribution in [2.45, 2.75) is 222 Å². The molecule has 8 spiro atoms. The van der Waals surface area contributed by atoms with Gasteiger partial charge in [-0.3, -0.25) is 15.6 Å². The van der Waals surface area contributed by atoms with Gasteiger partial charge in [-0.25, -0.2) is 4.79 Å². The van der Waals surface area contributed by atoms with Crippen molar-refractivity contribution >= 4 is 22.5 Å². The van der Waals surface area contributed by atoms with Crippen LogP contribution >= 0.6 is 0 Å². The van der Waals surface area contributed by atoms with Crippen LogP contribution in [-0.2, 0) is 14.2 Å². The second kappa shape index (κ2) is 17.5. The average Bonchev–Trinajstić information content (AvgIpc) is 2.55. The number of ether oxygens (including phenoxy) is 4. The summed E-state index contributed by atoms with van der Waals surface area (Å²) in [4.78, 5) is 25.7. The highest BCUT2D eigenvalue weighted by molar-refractivity contribution is 6.11. The number of carbonyl (C=O) groups excluding carboxylic acids is 1. The molecular weight excluding hydrogens is 1000 g/mol. The fourth-order valence-electron chi connectivity index (χ4n) is 23.3. The number of carbonyl (C=O) groups is 2. The molecule has 0 amide bonds. The number of hydrogen-bond donors (Lipinski definition) is 9. The standard InChI is InChI=1S/C64H84N2O13/c1-35-46(36(2)69)50(71)47-39(49(35)70)23-37(54(74)75)24-43(47)77-55-51(72)53(73)64(45(28-68)78-55)26-42-48-40(9-10-41(48)62(79-64)18-7-15-56(31-62)11-3-4-12-56)61(21-22-67)34-76-29-38-25-58-32-60(27-44(58)65-66-63(42,33-58)52(38)61)17-8-16-59(60)20-19-57(30-59)13-5-6-14-57/h9,23-24,38,42,44-45,51-53,55,65-68,70-73H,3-8,10-22,25-34H2,1-2H3,(H,74,75)/t38-,42+,44-,45+,51+,52+,53+,55+,58-,59-,60+,61+,62-,63-,64+/m0/s1. The van der Waals surface area contributed by atoms with Crippen LogP contribution in [-0.4, -0.2) is 121 Å². The molecule has 15 heteroatoms. The predicted molar refractivity (Wildman–Crippen MR) is 290 cm³/mol. The zero-order valence-corrected chi connectivity index (χ0v) is 46.4. The van der Waals surface area contributed by atoms with Crippen LogP contribution in [0.5, 0.6) is 17.2 Å². The summed E-state index contributed by atoms with van der Waals surface area (Å²) in [5.41, 5.74) is 9.16. The molecule has 4 heterocycles. The van der Waals surface area contributed by atoms with Crippen LogP contribution in [0.25, 0.3) is 10.8 Å². The van der Waals surface area contributed by atoms with Crippen molar-refractivity contribution in [3.63, 3.8) is 0 Å². The smallest absolute Gasteiger partial charge is 0.335 e. The van der Waals surface area contributed by atoms with Gasteiger partial charge in [-0.2, -0.15) is 0 Å². The van der Waals surface area contributed by atoms with Gasteiger partial charge in [0.15, 0.2) is 5.78 Å². The second-order valence-electron chi connectivity index (χ2n) is 29.1. The number of hydrogen-bond acceptors (Lipinski definition) is 14. The summed E-state index contributed by atoms with van der Waals surface area (Å²) in [5, 5.41) is 83.2. The van der Waals surface area contributed by atoms with E-state index in [0.29, 0.717) is 43.3 Å². The number of phenolic OH excluding ortho intramolecular Hbond substituents is 2. The van der Waals surface area contributed by atoms with Crippen LogP contribution < -0.4 is 15.6 Å². The van der Waals surface area contributed by atoms with Crippen LogP contribution in [0.2, 0.25) is 0 Å². The van der Waals surface area contributed by atoms with Crippen LogP contribution in [0.1, 0.15) is 194 Å². The third kappa shape index (κ3) is 6.80. The number of aliphatic hydroxyl groups is 4. The lowest BCUT2D eigenvalue weighted by molar-refractivity contribution is -0.349. The number of carboxylic acid groups (broad SMARTS) is 1. The Hall–Kier alpha value is -3.64. The molecular formula is C64H84N2O13. The third-order valence-corrected chi connectivity index (χ3v) is 25.9. The second-order valence-corrected chi connectivity index (χ2v) is 29.1. The van der Waals surface area contributed by atoms with Gasteiger partial charge in [0.25, 0.3) is 0 Å². The molecule has 15 atom stereocenters. The summed E-state index contributed by atoms with van der Waals surface area (Å²) >= 11 is 0. The zero-order chi connectivity index (χ0) is 54.5. The molecule has 15 rings (SSSR count). The van der Waals surface area contributed by atoms with E-state index in [1.165, 1.54) is 114 Å². The van der Waals surface area contributed by atoms with Crippen molar-refractivity contribution in [3.05, 3.63) is 51.6 Å². The predicted octanol–water partition coefficient (Wildman–Crippen LogP) is 8.89. The fourth-order valence-corrected chi connectivity index (χ4v) is 23.3. The number of fused-ring (bicyclic) bond motifs is 4. The van der Waals surface area contributed by atoms with Crippen LogP contribution in [0.3, 0.4) is 0 Å². The summed E-state index contributed by atoms with van der Waals surface area (Å²) in [7, 11) is 0. The van der Waals surface area contributed by atoms with Gasteiger partial charge in [0.1, 0.15) is 41.2 Å². The summed E-state index contributed by atoms with van der Waals surface area (Å²) in [6.45, 7) is 3.24. The first-order valence-electron chi connectivity index (χ1n) is 30.8. The molecule has 2 aromatic rings. The number of aromatic carboxylic acids is 1. The van der Waals surface area contributed by atoms with Gasteiger partial charge in [-0.05, 0) is 210 Å². The number of benzene rings is 2. The number of rotatable bonds is 7. The molecule has 3 saturated heterocycles. The Morgan fingerprint density at radius 1 is 0.823 bits per heavy atom. The van der Waals surface area contributed by atoms with Crippen molar-refractivity contribution in [1.82, 2.24) is 10.9 Å². The van der Waals surface area contributed by atoms with E-state index >= 15 is 0 Å². The number of hydrazine groups is 1. The van der Waals surface area contributed by atoms with E-state index < -0.39 is 76.6 Å². The van der Waals surface area contributed by atoms with E-state index in [9.17, 15) is 45.3 Å². The Morgan fingerprint density at radius 2 is 1.56 bits per heavy atom. The Morgan fingerprint density at radius 3 is 2.29 bits per heavy atom. The Balaban J connectivity index is 0.880. The summed E-state index contributed by atoms with van der Waals surface area (Å²) in [6, 6.07) is 2.60. The SMILES string of the molecule is CC(=O)c1c(C)c(O)c2cc(C(=O)O)cc(O[C@@H]3O[C@H](CO)[C@]4(C[C@@H]5C6=C(CC=C6[C@@]6(CCO)COC[C@@H]7C[C@]89C[C@@]5(NN[C@H]8C[C@]5(CCC[C@@]58CCC5(CCCC5)C8)C9)[C@H]76)[C@@]5(CCCC6(CCCC6)C5)O4)[C@H](O)[C@H]3O)c2c1O. The molecule has 11 fully saturated rings. The molecule has 0 aromatic heterocycles. The van der Waals surface area contributed by atoms with Crippen LogP contribution in [0.4, 0.5) is 0 Å². The number of ketones is 1. The van der Waals surface area contributed by atoms with E-state index in [-0.39, 0.29) is 86.3 Å². The van der Waals surface area contributed by atoms with Crippen molar-refractivity contribution in [2.75, 3.05) is 26.4 Å². The molecule has 0 radical (unpaired) electrons. The molecule has 79 heavy (non-hydrogen) atoms. The number of nitrogens with one attached hydrogen (secondary N) is 2. The number of aromatic hydroxyl groups is 2. The number of carboxylic acids is 1. The Kier molecular flexibility index (Phi) is 11.5. The number of Topliss-reactive ketones (excluding diaryl/α,β-unsaturated/α-hetero) is 1. The lowest BCUT2D eigenvalue weighted by Gasteiger charge is -2.71. The molecule has 4 aliphatic heterocycles. The monoisotopic (exact) mass is 1090 g/mol. The van der Waals surface area contributed by atoms with Gasteiger partial charge >= 0.3 is 5.97 Å². The lowest BCUT2D eigenvalue weighted by atomic mass is 9.39. The van der Waals surface area contributed by atoms with E-state index in [2.05, 4.69) is 16.9 Å². The molecule has 9 N–H and O–H groups in total. The summed E-state index contributed by atoms with van der Waals surface area (Å²) < 4.78 is 28.5. The number of allylic oxidation sites excluding steroid dienone is 1. The minimum absolute atomic E-state index is 0.00664. The van der Waals surface area contributed by atoms with E-state index in [1.807, 2.05) is 0 Å². The molecule has 2 bridgehead atoms. The van der Waals surface area contributed by atoms with Gasteiger partial charge in [0.2, 0.25) is 6.29 Å². The maximum Gasteiger partial charge on any atom is 0.335 e. The van der Waals surface area contributed by atoms with Crippen molar-refractivity contribution < 1.29 is 64.3 Å². The van der Waals surface area contributed by atoms with E-state index in [1.54, 1.807) is 0 Å². The van der Waals surface area contributed by atoms with E-state index in [4.69, 9.17) is 18.9 Å². The van der Waals surface area contributed by atoms with Gasteiger partial charge in [-0.1, -0.05) is 38.2 Å². The van der Waals surface area contributed by atoms with Crippen LogP contribution in [0, 0.1) is 57.2 Å². The Labute approximate surface area is 463 Å².